The average Bonchev–Trinajstić information content (AvgIpc) is 3.13. The second kappa shape index (κ2) is 3.91. The third kappa shape index (κ3) is 1.93. The number of fused-ring (bicyclic) bond motifs is 1. The first-order chi connectivity index (χ1) is 8.25. The van der Waals surface area contributed by atoms with E-state index in [0.717, 1.165) is 34.6 Å². The molecule has 17 heavy (non-hydrogen) atoms. The zero-order valence-corrected chi connectivity index (χ0v) is 10.1. The second-order valence-corrected chi connectivity index (χ2v) is 4.92. The van der Waals surface area contributed by atoms with Crippen LogP contribution in [-0.4, -0.2) is 18.6 Å². The van der Waals surface area contributed by atoms with Crippen LogP contribution >= 0.6 is 0 Å². The molecule has 3 nitrogen and oxygen atoms in total. The molecule has 2 aromatic rings. The molecule has 1 aliphatic rings. The van der Waals surface area contributed by atoms with Gasteiger partial charge in [-0.05, 0) is 30.9 Å². The Labute approximate surface area is 101 Å². The molecule has 0 bridgehead atoms. The summed E-state index contributed by atoms with van der Waals surface area (Å²) in [7, 11) is 2.12. The van der Waals surface area contributed by atoms with E-state index < -0.39 is 0 Å². The van der Waals surface area contributed by atoms with E-state index in [9.17, 15) is 0 Å². The maximum Gasteiger partial charge on any atom is 0.0632 e. The van der Waals surface area contributed by atoms with Gasteiger partial charge in [-0.3, -0.25) is 4.98 Å². The quantitative estimate of drug-likeness (QED) is 0.820. The highest BCUT2D eigenvalue weighted by atomic mass is 15.1. The first-order valence-corrected chi connectivity index (χ1v) is 6.09. The molecule has 1 saturated carbocycles. The van der Waals surface area contributed by atoms with Crippen LogP contribution < -0.4 is 10.6 Å². The third-order valence-electron chi connectivity index (χ3n) is 3.48. The van der Waals surface area contributed by atoms with Crippen LogP contribution in [0.2, 0.25) is 0 Å². The summed E-state index contributed by atoms with van der Waals surface area (Å²) in [5.41, 5.74) is 8.25. The maximum absolute atomic E-state index is 6.25. The Bertz CT molecular complexity index is 546. The summed E-state index contributed by atoms with van der Waals surface area (Å²) >= 11 is 0. The largest absolute Gasteiger partial charge is 0.397 e. The minimum absolute atomic E-state index is 0.868. The molecule has 3 rings (SSSR count). The van der Waals surface area contributed by atoms with Gasteiger partial charge in [-0.25, -0.2) is 0 Å². The van der Waals surface area contributed by atoms with Crippen molar-refractivity contribution >= 4 is 22.1 Å². The molecule has 0 spiro atoms. The first-order valence-electron chi connectivity index (χ1n) is 6.09. The number of nitrogens with two attached hydrogens (primary N) is 1. The summed E-state index contributed by atoms with van der Waals surface area (Å²) in [6.45, 7) is 1.11. The lowest BCUT2D eigenvalue weighted by Crippen LogP contribution is -2.21. The number of nitrogen functional groups attached to an aromatic ring is 1. The van der Waals surface area contributed by atoms with Gasteiger partial charge in [0.15, 0.2) is 0 Å². The van der Waals surface area contributed by atoms with E-state index in [-0.39, 0.29) is 0 Å². The highest BCUT2D eigenvalue weighted by Crippen LogP contribution is 2.34. The van der Waals surface area contributed by atoms with Crippen LogP contribution in [0.4, 0.5) is 11.4 Å². The Morgan fingerprint density at radius 2 is 2.18 bits per heavy atom. The van der Waals surface area contributed by atoms with Crippen molar-refractivity contribution in [1.29, 1.82) is 0 Å². The lowest BCUT2D eigenvalue weighted by Gasteiger charge is -2.21. The zero-order chi connectivity index (χ0) is 11.8. The molecule has 0 saturated heterocycles. The molecule has 0 radical (unpaired) electrons. The number of pyridine rings is 1. The summed E-state index contributed by atoms with van der Waals surface area (Å²) in [6, 6.07) is 6.18. The van der Waals surface area contributed by atoms with Crippen LogP contribution in [0, 0.1) is 5.92 Å². The van der Waals surface area contributed by atoms with Gasteiger partial charge in [-0.15, -0.1) is 0 Å². The molecule has 0 amide bonds. The molecule has 0 unspecified atom stereocenters. The lowest BCUT2D eigenvalue weighted by molar-refractivity contribution is 0.788. The van der Waals surface area contributed by atoms with Gasteiger partial charge in [0.2, 0.25) is 0 Å². The van der Waals surface area contributed by atoms with Gasteiger partial charge in [-0.2, -0.15) is 0 Å². The van der Waals surface area contributed by atoms with Crippen molar-refractivity contribution in [2.75, 3.05) is 24.2 Å². The van der Waals surface area contributed by atoms with Crippen molar-refractivity contribution in [2.45, 2.75) is 12.8 Å². The number of hydrogen-bond donors (Lipinski definition) is 1. The topological polar surface area (TPSA) is 42.2 Å². The van der Waals surface area contributed by atoms with E-state index in [0.29, 0.717) is 0 Å². The number of anilines is 2. The van der Waals surface area contributed by atoms with Crippen molar-refractivity contribution in [2.24, 2.45) is 5.92 Å². The average molecular weight is 227 g/mol. The van der Waals surface area contributed by atoms with Gasteiger partial charge in [0.25, 0.3) is 0 Å². The number of nitrogens with zero attached hydrogens (tertiary/aromatic N) is 2. The monoisotopic (exact) mass is 227 g/mol. The molecule has 3 heteroatoms. The van der Waals surface area contributed by atoms with Gasteiger partial charge in [0, 0.05) is 36.8 Å². The maximum atomic E-state index is 6.25. The van der Waals surface area contributed by atoms with Crippen molar-refractivity contribution in [1.82, 2.24) is 4.98 Å². The Morgan fingerprint density at radius 1 is 1.35 bits per heavy atom. The van der Waals surface area contributed by atoms with Gasteiger partial charge in [0.1, 0.15) is 0 Å². The highest BCUT2D eigenvalue weighted by Gasteiger charge is 2.23. The van der Waals surface area contributed by atoms with E-state index in [1.165, 1.54) is 12.8 Å². The Balaban J connectivity index is 2.01. The Kier molecular flexibility index (Phi) is 2.39. The normalized spacial score (nSPS) is 15.1. The van der Waals surface area contributed by atoms with Crippen LogP contribution in [0.1, 0.15) is 12.8 Å². The molecular formula is C14H17N3. The molecule has 1 fully saturated rings. The Morgan fingerprint density at radius 3 is 2.94 bits per heavy atom. The van der Waals surface area contributed by atoms with Gasteiger partial charge >= 0.3 is 0 Å². The van der Waals surface area contributed by atoms with Crippen molar-refractivity contribution in [3.8, 4) is 0 Å². The smallest absolute Gasteiger partial charge is 0.0632 e. The van der Waals surface area contributed by atoms with Crippen molar-refractivity contribution in [3.63, 3.8) is 0 Å². The summed E-state index contributed by atoms with van der Waals surface area (Å²) in [5.74, 6) is 0.868. The van der Waals surface area contributed by atoms with E-state index >= 15 is 0 Å². The summed E-state index contributed by atoms with van der Waals surface area (Å²) in [6.07, 6.45) is 6.38. The van der Waals surface area contributed by atoms with Gasteiger partial charge in [-0.1, -0.05) is 6.07 Å². The van der Waals surface area contributed by atoms with Crippen LogP contribution in [0.25, 0.3) is 10.8 Å². The number of rotatable bonds is 3. The third-order valence-corrected chi connectivity index (χ3v) is 3.48. The predicted molar refractivity (Wildman–Crippen MR) is 72.1 cm³/mol. The van der Waals surface area contributed by atoms with Crippen molar-refractivity contribution < 1.29 is 0 Å². The van der Waals surface area contributed by atoms with Crippen molar-refractivity contribution in [3.05, 3.63) is 30.6 Å². The predicted octanol–water partition coefficient (Wildman–Crippen LogP) is 2.66. The first kappa shape index (κ1) is 10.4. The number of hydrogen-bond acceptors (Lipinski definition) is 3. The fourth-order valence-corrected chi connectivity index (χ4v) is 2.30. The summed E-state index contributed by atoms with van der Waals surface area (Å²) < 4.78 is 0. The highest BCUT2D eigenvalue weighted by molar-refractivity contribution is 5.98. The molecule has 88 valence electrons. The molecule has 0 atom stereocenters. The SMILES string of the molecule is CN(CC1CC1)c1ccc2cnccc2c1N. The molecule has 1 heterocycles. The number of aromatic nitrogens is 1. The van der Waals surface area contributed by atoms with Crippen LogP contribution in [-0.2, 0) is 0 Å². The minimum Gasteiger partial charge on any atom is -0.397 e. The second-order valence-electron chi connectivity index (χ2n) is 4.92. The fourth-order valence-electron chi connectivity index (χ4n) is 2.30. The fraction of sp³-hybridized carbons (Fsp3) is 0.357. The van der Waals surface area contributed by atoms with Crippen LogP contribution in [0.3, 0.4) is 0 Å². The molecule has 1 aliphatic carbocycles. The van der Waals surface area contributed by atoms with Gasteiger partial charge in [0.05, 0.1) is 11.4 Å². The summed E-state index contributed by atoms with van der Waals surface area (Å²) in [4.78, 5) is 6.39. The van der Waals surface area contributed by atoms with E-state index in [1.54, 1.807) is 6.20 Å². The molecule has 0 aliphatic heterocycles. The Hall–Kier alpha value is -1.77. The standard InChI is InChI=1S/C14H17N3/c1-17(9-10-2-3-10)13-5-4-11-8-16-7-6-12(11)14(13)15/h4-8,10H,2-3,9,15H2,1H3. The summed E-state index contributed by atoms with van der Waals surface area (Å²) in [5, 5.41) is 2.20. The van der Waals surface area contributed by atoms with E-state index in [1.807, 2.05) is 12.3 Å². The van der Waals surface area contributed by atoms with Crippen LogP contribution in [0.15, 0.2) is 30.6 Å². The minimum atomic E-state index is 0.868. The zero-order valence-electron chi connectivity index (χ0n) is 10.1. The lowest BCUT2D eigenvalue weighted by atomic mass is 10.1. The molecule has 1 aromatic carbocycles. The number of benzene rings is 1. The molecule has 2 N–H and O–H groups in total. The van der Waals surface area contributed by atoms with E-state index in [4.69, 9.17) is 5.73 Å². The van der Waals surface area contributed by atoms with Gasteiger partial charge < -0.3 is 10.6 Å². The van der Waals surface area contributed by atoms with E-state index in [2.05, 4.69) is 29.1 Å². The molecule has 1 aromatic heterocycles. The molecular weight excluding hydrogens is 210 g/mol. The van der Waals surface area contributed by atoms with Crippen LogP contribution in [0.5, 0.6) is 0 Å².